The second-order valence-corrected chi connectivity index (χ2v) is 2.92. The molecule has 82 valence electrons. The molecule has 0 bridgehead atoms. The molecule has 0 radical (unpaired) electrons. The Bertz CT molecular complexity index is 464. The summed E-state index contributed by atoms with van der Waals surface area (Å²) in [5, 5.41) is 19.9. The third kappa shape index (κ3) is 3.42. The molecule has 0 heterocycles. The minimum atomic E-state index is -1.04. The first-order valence-electron chi connectivity index (χ1n) is 4.46. The van der Waals surface area contributed by atoms with Crippen LogP contribution in [0.5, 0.6) is 0 Å². The number of halogens is 1. The molecule has 0 saturated heterocycles. The summed E-state index contributed by atoms with van der Waals surface area (Å²) in [7, 11) is 0. The highest BCUT2D eigenvalue weighted by Gasteiger charge is 2.01. The average molecular weight is 220 g/mol. The largest absolute Gasteiger partial charge is 0.478 e. The van der Waals surface area contributed by atoms with Gasteiger partial charge in [-0.15, -0.1) is 0 Å². The van der Waals surface area contributed by atoms with Crippen LogP contribution in [0, 0.1) is 17.1 Å². The van der Waals surface area contributed by atoms with E-state index in [1.54, 1.807) is 0 Å². The summed E-state index contributed by atoms with van der Waals surface area (Å²) < 4.78 is 12.8. The van der Waals surface area contributed by atoms with Crippen molar-refractivity contribution in [3.8, 4) is 6.07 Å². The first kappa shape index (κ1) is 11.7. The number of hydrogen-bond donors (Lipinski definition) is 2. The second kappa shape index (κ2) is 5.51. The molecule has 0 aliphatic carbocycles. The number of nitriles is 1. The van der Waals surface area contributed by atoms with Gasteiger partial charge in [-0.05, 0) is 18.2 Å². The van der Waals surface area contributed by atoms with Crippen molar-refractivity contribution in [1.82, 2.24) is 0 Å². The maximum absolute atomic E-state index is 12.8. The number of nitrogens with zero attached hydrogens (tertiary/aromatic N) is 1. The zero-order valence-corrected chi connectivity index (χ0v) is 8.27. The molecule has 0 spiro atoms. The lowest BCUT2D eigenvalue weighted by molar-refractivity contribution is -0.131. The molecule has 0 aliphatic heterocycles. The van der Waals surface area contributed by atoms with Crippen molar-refractivity contribution in [2.24, 2.45) is 0 Å². The quantitative estimate of drug-likeness (QED) is 0.758. The third-order valence-corrected chi connectivity index (χ3v) is 1.77. The molecule has 0 fully saturated rings. The monoisotopic (exact) mass is 220 g/mol. The van der Waals surface area contributed by atoms with E-state index in [0.29, 0.717) is 5.69 Å². The van der Waals surface area contributed by atoms with E-state index in [0.717, 1.165) is 12.1 Å². The molecule has 1 aromatic rings. The summed E-state index contributed by atoms with van der Waals surface area (Å²) >= 11 is 0. The van der Waals surface area contributed by atoms with Gasteiger partial charge in [0.05, 0.1) is 11.3 Å². The van der Waals surface area contributed by atoms with Crippen LogP contribution in [-0.4, -0.2) is 17.6 Å². The number of aliphatic carboxylic acids is 1. The zero-order chi connectivity index (χ0) is 12.0. The van der Waals surface area contributed by atoms with Crippen molar-refractivity contribution in [2.45, 2.75) is 0 Å². The summed E-state index contributed by atoms with van der Waals surface area (Å²) in [6.07, 6.45) is 2.38. The summed E-state index contributed by atoms with van der Waals surface area (Å²) in [6, 6.07) is 5.62. The lowest BCUT2D eigenvalue weighted by Crippen LogP contribution is -2.01. The fourth-order valence-corrected chi connectivity index (χ4v) is 1.09. The smallest absolute Gasteiger partial charge is 0.328 e. The molecule has 0 unspecified atom stereocenters. The SMILES string of the molecule is N#Cc1cc(F)ccc1NC/C=C/C(=O)O. The highest BCUT2D eigenvalue weighted by atomic mass is 19.1. The molecule has 0 saturated carbocycles. The highest BCUT2D eigenvalue weighted by Crippen LogP contribution is 2.15. The number of nitrogens with one attached hydrogen (secondary N) is 1. The van der Waals surface area contributed by atoms with E-state index in [1.807, 2.05) is 6.07 Å². The number of rotatable bonds is 4. The van der Waals surface area contributed by atoms with Crippen LogP contribution in [0.3, 0.4) is 0 Å². The van der Waals surface area contributed by atoms with E-state index in [4.69, 9.17) is 10.4 Å². The van der Waals surface area contributed by atoms with Gasteiger partial charge in [-0.25, -0.2) is 9.18 Å². The Hall–Kier alpha value is -2.35. The Balaban J connectivity index is 2.68. The van der Waals surface area contributed by atoms with Gasteiger partial charge in [0.25, 0.3) is 0 Å². The molecular formula is C11H9FN2O2. The van der Waals surface area contributed by atoms with Crippen molar-refractivity contribution in [3.63, 3.8) is 0 Å². The minimum Gasteiger partial charge on any atom is -0.478 e. The van der Waals surface area contributed by atoms with Crippen LogP contribution < -0.4 is 5.32 Å². The molecule has 0 amide bonds. The van der Waals surface area contributed by atoms with E-state index in [2.05, 4.69) is 5.32 Å². The maximum Gasteiger partial charge on any atom is 0.328 e. The van der Waals surface area contributed by atoms with E-state index in [9.17, 15) is 9.18 Å². The molecule has 4 nitrogen and oxygen atoms in total. The first-order chi connectivity index (χ1) is 7.63. The van der Waals surface area contributed by atoms with Gasteiger partial charge in [0.15, 0.2) is 0 Å². The number of hydrogen-bond acceptors (Lipinski definition) is 3. The van der Waals surface area contributed by atoms with Crippen LogP contribution in [0.2, 0.25) is 0 Å². The van der Waals surface area contributed by atoms with Crippen molar-refractivity contribution in [2.75, 3.05) is 11.9 Å². The highest BCUT2D eigenvalue weighted by molar-refractivity contribution is 5.79. The van der Waals surface area contributed by atoms with Gasteiger partial charge in [-0.3, -0.25) is 0 Å². The van der Waals surface area contributed by atoms with Gasteiger partial charge in [0.1, 0.15) is 11.9 Å². The van der Waals surface area contributed by atoms with E-state index < -0.39 is 11.8 Å². The number of carbonyl (C=O) groups is 1. The van der Waals surface area contributed by atoms with Crippen LogP contribution in [-0.2, 0) is 4.79 Å². The predicted molar refractivity (Wildman–Crippen MR) is 56.4 cm³/mol. The topological polar surface area (TPSA) is 73.1 Å². The Morgan fingerprint density at radius 2 is 2.38 bits per heavy atom. The fourth-order valence-electron chi connectivity index (χ4n) is 1.09. The van der Waals surface area contributed by atoms with Gasteiger partial charge < -0.3 is 10.4 Å². The Morgan fingerprint density at radius 1 is 1.62 bits per heavy atom. The van der Waals surface area contributed by atoms with Crippen molar-refractivity contribution >= 4 is 11.7 Å². The Morgan fingerprint density at radius 3 is 3.00 bits per heavy atom. The first-order valence-corrected chi connectivity index (χ1v) is 4.46. The molecule has 5 heteroatoms. The van der Waals surface area contributed by atoms with Crippen LogP contribution in [0.15, 0.2) is 30.4 Å². The number of anilines is 1. The third-order valence-electron chi connectivity index (χ3n) is 1.77. The molecule has 0 aromatic heterocycles. The molecule has 1 rings (SSSR count). The summed E-state index contributed by atoms with van der Waals surface area (Å²) in [5.74, 6) is -1.52. The second-order valence-electron chi connectivity index (χ2n) is 2.92. The number of carboxylic acids is 1. The lowest BCUT2D eigenvalue weighted by atomic mass is 10.2. The fraction of sp³-hybridized carbons (Fsp3) is 0.0909. The summed E-state index contributed by atoms with van der Waals surface area (Å²) in [4.78, 5) is 10.2. The number of benzene rings is 1. The van der Waals surface area contributed by atoms with Gasteiger partial charge in [-0.1, -0.05) is 6.08 Å². The standard InChI is InChI=1S/C11H9FN2O2/c12-9-3-4-10(8(6-9)7-13)14-5-1-2-11(15)16/h1-4,6,14H,5H2,(H,15,16)/b2-1+. The lowest BCUT2D eigenvalue weighted by Gasteiger charge is -2.04. The van der Waals surface area contributed by atoms with Crippen molar-refractivity contribution in [3.05, 3.63) is 41.7 Å². The molecule has 2 N–H and O–H groups in total. The predicted octanol–water partition coefficient (Wildman–Crippen LogP) is 1.75. The number of carboxylic acid groups (broad SMARTS) is 1. The van der Waals surface area contributed by atoms with Crippen LogP contribution in [0.1, 0.15) is 5.56 Å². The van der Waals surface area contributed by atoms with Crippen molar-refractivity contribution < 1.29 is 14.3 Å². The molecule has 0 atom stereocenters. The minimum absolute atomic E-state index is 0.184. The van der Waals surface area contributed by atoms with Gasteiger partial charge in [0, 0.05) is 12.6 Å². The normalized spacial score (nSPS) is 10.0. The van der Waals surface area contributed by atoms with Gasteiger partial charge in [0.2, 0.25) is 0 Å². The van der Waals surface area contributed by atoms with Crippen LogP contribution >= 0.6 is 0 Å². The summed E-state index contributed by atoms with van der Waals surface area (Å²) in [6.45, 7) is 0.257. The Labute approximate surface area is 91.6 Å². The molecule has 0 aliphatic rings. The summed E-state index contributed by atoms with van der Waals surface area (Å²) in [5.41, 5.74) is 0.655. The van der Waals surface area contributed by atoms with Gasteiger partial charge in [-0.2, -0.15) is 5.26 Å². The van der Waals surface area contributed by atoms with E-state index >= 15 is 0 Å². The zero-order valence-electron chi connectivity index (χ0n) is 8.27. The van der Waals surface area contributed by atoms with Crippen LogP contribution in [0.4, 0.5) is 10.1 Å². The van der Waals surface area contributed by atoms with Crippen molar-refractivity contribution in [1.29, 1.82) is 5.26 Å². The molecule has 1 aromatic carbocycles. The van der Waals surface area contributed by atoms with E-state index in [1.165, 1.54) is 18.2 Å². The van der Waals surface area contributed by atoms with Crippen LogP contribution in [0.25, 0.3) is 0 Å². The molecule has 16 heavy (non-hydrogen) atoms. The van der Waals surface area contributed by atoms with Gasteiger partial charge >= 0.3 is 5.97 Å². The molecular weight excluding hydrogens is 211 g/mol. The Kier molecular flexibility index (Phi) is 4.04. The van der Waals surface area contributed by atoms with E-state index in [-0.39, 0.29) is 12.1 Å². The average Bonchev–Trinajstić information content (AvgIpc) is 2.25. The maximum atomic E-state index is 12.8.